The van der Waals surface area contributed by atoms with Crippen LogP contribution in [0.4, 0.5) is 4.79 Å². The molecular formula is C15H33NO3. The van der Waals surface area contributed by atoms with E-state index in [1.165, 1.54) is 6.42 Å². The minimum Gasteiger partial charge on any atom is -0.449 e. The molecule has 0 rings (SSSR count). The molecule has 4 heteroatoms. The lowest BCUT2D eigenvalue weighted by Crippen LogP contribution is -2.25. The van der Waals surface area contributed by atoms with E-state index in [1.54, 1.807) is 0 Å². The summed E-state index contributed by atoms with van der Waals surface area (Å²) in [7, 11) is 0. The molecule has 4 nitrogen and oxygen atoms in total. The number of ether oxygens (including phenoxy) is 1. The van der Waals surface area contributed by atoms with Crippen LogP contribution in [0.1, 0.15) is 60.3 Å². The third-order valence-corrected chi connectivity index (χ3v) is 1.59. The average Bonchev–Trinajstić information content (AvgIpc) is 2.38. The Balaban J connectivity index is -0.000000445. The third kappa shape index (κ3) is 31.6. The first-order valence-corrected chi connectivity index (χ1v) is 7.24. The van der Waals surface area contributed by atoms with Gasteiger partial charge in [0, 0.05) is 19.6 Å². The van der Waals surface area contributed by atoms with Gasteiger partial charge in [0.1, 0.15) is 0 Å². The van der Waals surface area contributed by atoms with Crippen molar-refractivity contribution in [1.82, 2.24) is 5.32 Å². The van der Waals surface area contributed by atoms with Crippen LogP contribution < -0.4 is 5.32 Å². The molecule has 0 aromatic rings. The van der Waals surface area contributed by atoms with Gasteiger partial charge in [0.2, 0.25) is 0 Å². The van der Waals surface area contributed by atoms with Crippen molar-refractivity contribution in [3.63, 3.8) is 0 Å². The number of hydrogen-bond donors (Lipinski definition) is 2. The first kappa shape index (κ1) is 23.1. The van der Waals surface area contributed by atoms with Crippen LogP contribution in [0, 0.1) is 0 Å². The highest BCUT2D eigenvalue weighted by Crippen LogP contribution is 1.98. The van der Waals surface area contributed by atoms with E-state index < -0.39 is 6.09 Å². The molecule has 0 aliphatic rings. The van der Waals surface area contributed by atoms with Gasteiger partial charge in [0.05, 0.1) is 6.61 Å². The zero-order valence-corrected chi connectivity index (χ0v) is 13.4. The van der Waals surface area contributed by atoms with Gasteiger partial charge in [-0.25, -0.2) is 4.79 Å². The van der Waals surface area contributed by atoms with Crippen LogP contribution in [0.25, 0.3) is 0 Å². The van der Waals surface area contributed by atoms with Crippen LogP contribution >= 0.6 is 0 Å². The molecule has 0 aliphatic carbocycles. The Labute approximate surface area is 119 Å². The lowest BCUT2D eigenvalue weighted by atomic mass is 10.2. The summed E-state index contributed by atoms with van der Waals surface area (Å²) in [5.41, 5.74) is 1.11. The second-order valence-electron chi connectivity index (χ2n) is 3.91. The summed E-state index contributed by atoms with van der Waals surface area (Å²) < 4.78 is 4.76. The van der Waals surface area contributed by atoms with Crippen molar-refractivity contribution >= 4 is 6.09 Å². The van der Waals surface area contributed by atoms with E-state index in [0.717, 1.165) is 18.4 Å². The number of nitrogens with one attached hydrogen (secondary N) is 1. The molecule has 0 radical (unpaired) electrons. The molecule has 0 heterocycles. The van der Waals surface area contributed by atoms with Crippen molar-refractivity contribution < 1.29 is 14.6 Å². The van der Waals surface area contributed by atoms with Crippen LogP contribution in [0.3, 0.4) is 0 Å². The molecular weight excluding hydrogens is 242 g/mol. The number of allylic oxidation sites excluding steroid dienone is 1. The Morgan fingerprint density at radius 2 is 1.79 bits per heavy atom. The fourth-order valence-electron chi connectivity index (χ4n) is 0.861. The Morgan fingerprint density at radius 3 is 2.21 bits per heavy atom. The van der Waals surface area contributed by atoms with Crippen LogP contribution in [0.5, 0.6) is 0 Å². The quantitative estimate of drug-likeness (QED) is 0.547. The molecule has 0 aromatic heterocycles. The van der Waals surface area contributed by atoms with E-state index in [9.17, 15) is 4.79 Å². The molecule has 0 aliphatic heterocycles. The molecule has 2 N–H and O–H groups in total. The SMILES string of the molecule is C=C(C)CCCNC(=O)OCCCO.CC.CCC. The lowest BCUT2D eigenvalue weighted by Gasteiger charge is -2.05. The summed E-state index contributed by atoms with van der Waals surface area (Å²) in [5, 5.41) is 11.0. The predicted octanol–water partition coefficient (Wildman–Crippen LogP) is 3.89. The summed E-state index contributed by atoms with van der Waals surface area (Å²) >= 11 is 0. The van der Waals surface area contributed by atoms with Gasteiger partial charge in [-0.1, -0.05) is 39.7 Å². The predicted molar refractivity (Wildman–Crippen MR) is 82.4 cm³/mol. The van der Waals surface area contributed by atoms with E-state index >= 15 is 0 Å². The van der Waals surface area contributed by atoms with E-state index in [1.807, 2.05) is 20.8 Å². The summed E-state index contributed by atoms with van der Waals surface area (Å²) in [6, 6.07) is 0. The fourth-order valence-corrected chi connectivity index (χ4v) is 0.861. The number of hydrogen-bond acceptors (Lipinski definition) is 3. The van der Waals surface area contributed by atoms with Crippen molar-refractivity contribution in [2.75, 3.05) is 19.8 Å². The third-order valence-electron chi connectivity index (χ3n) is 1.59. The number of carbonyl (C=O) groups excluding carboxylic acids is 1. The second-order valence-corrected chi connectivity index (χ2v) is 3.91. The van der Waals surface area contributed by atoms with Gasteiger partial charge >= 0.3 is 6.09 Å². The summed E-state index contributed by atoms with van der Waals surface area (Å²) in [5.74, 6) is 0. The zero-order valence-electron chi connectivity index (χ0n) is 13.4. The molecule has 0 saturated carbocycles. The molecule has 0 atom stereocenters. The van der Waals surface area contributed by atoms with E-state index in [4.69, 9.17) is 9.84 Å². The molecule has 0 saturated heterocycles. The molecule has 19 heavy (non-hydrogen) atoms. The Kier molecular flexibility index (Phi) is 27.0. The van der Waals surface area contributed by atoms with Gasteiger partial charge in [-0.2, -0.15) is 0 Å². The number of amides is 1. The minimum absolute atomic E-state index is 0.0446. The molecule has 0 unspecified atom stereocenters. The van der Waals surface area contributed by atoms with Gasteiger partial charge in [-0.15, -0.1) is 6.58 Å². The highest BCUT2D eigenvalue weighted by molar-refractivity contribution is 5.66. The number of rotatable bonds is 7. The van der Waals surface area contributed by atoms with Crippen molar-refractivity contribution in [3.8, 4) is 0 Å². The van der Waals surface area contributed by atoms with Crippen LogP contribution in [-0.2, 0) is 4.74 Å². The summed E-state index contributed by atoms with van der Waals surface area (Å²) in [6.45, 7) is 14.9. The maximum Gasteiger partial charge on any atom is 0.407 e. The summed E-state index contributed by atoms with van der Waals surface area (Å²) in [4.78, 5) is 10.9. The number of alkyl carbamates (subject to hydrolysis) is 1. The average molecular weight is 275 g/mol. The van der Waals surface area contributed by atoms with Gasteiger partial charge < -0.3 is 15.2 Å². The van der Waals surface area contributed by atoms with Crippen molar-refractivity contribution in [3.05, 3.63) is 12.2 Å². The molecule has 0 spiro atoms. The topological polar surface area (TPSA) is 58.6 Å². The molecule has 116 valence electrons. The first-order chi connectivity index (χ1) is 9.08. The van der Waals surface area contributed by atoms with Crippen LogP contribution in [0.2, 0.25) is 0 Å². The Hall–Kier alpha value is -1.03. The van der Waals surface area contributed by atoms with Gasteiger partial charge in [-0.3, -0.25) is 0 Å². The fraction of sp³-hybridized carbons (Fsp3) is 0.800. The Morgan fingerprint density at radius 1 is 1.26 bits per heavy atom. The highest BCUT2D eigenvalue weighted by atomic mass is 16.5. The summed E-state index contributed by atoms with van der Waals surface area (Å²) in [6.07, 6.45) is 3.11. The molecule has 0 bridgehead atoms. The Bertz CT molecular complexity index is 194. The first-order valence-electron chi connectivity index (χ1n) is 7.24. The van der Waals surface area contributed by atoms with E-state index in [-0.39, 0.29) is 13.2 Å². The second kappa shape index (κ2) is 22.2. The minimum atomic E-state index is -0.417. The molecule has 0 fully saturated rings. The molecule has 0 aromatic carbocycles. The standard InChI is InChI=1S/C10H19NO3.C3H8.C2H6/c1-9(2)5-3-6-11-10(13)14-8-4-7-12;1-3-2;1-2/h12H,1,3-8H2,2H3,(H,11,13);3H2,1-2H3;1-2H3. The van der Waals surface area contributed by atoms with Crippen molar-refractivity contribution in [2.24, 2.45) is 0 Å². The monoisotopic (exact) mass is 275 g/mol. The van der Waals surface area contributed by atoms with Crippen molar-refractivity contribution in [2.45, 2.75) is 60.3 Å². The maximum absolute atomic E-state index is 10.9. The van der Waals surface area contributed by atoms with Crippen molar-refractivity contribution in [1.29, 1.82) is 0 Å². The number of carbonyl (C=O) groups is 1. The molecule has 1 amide bonds. The van der Waals surface area contributed by atoms with Gasteiger partial charge in [0.15, 0.2) is 0 Å². The van der Waals surface area contributed by atoms with Gasteiger partial charge in [0.25, 0.3) is 0 Å². The smallest absolute Gasteiger partial charge is 0.407 e. The maximum atomic E-state index is 10.9. The van der Waals surface area contributed by atoms with E-state index in [0.29, 0.717) is 13.0 Å². The lowest BCUT2D eigenvalue weighted by molar-refractivity contribution is 0.135. The largest absolute Gasteiger partial charge is 0.449 e. The van der Waals surface area contributed by atoms with Crippen LogP contribution in [-0.4, -0.2) is 31.0 Å². The van der Waals surface area contributed by atoms with E-state index in [2.05, 4.69) is 25.7 Å². The van der Waals surface area contributed by atoms with Gasteiger partial charge in [-0.05, 0) is 19.8 Å². The van der Waals surface area contributed by atoms with Crippen LogP contribution in [0.15, 0.2) is 12.2 Å². The highest BCUT2D eigenvalue weighted by Gasteiger charge is 1.99. The normalized spacial score (nSPS) is 8.32. The zero-order chi connectivity index (χ0) is 15.5. The number of aliphatic hydroxyl groups excluding tert-OH is 1. The number of aliphatic hydroxyl groups is 1.